The highest BCUT2D eigenvalue weighted by molar-refractivity contribution is 8.00. The molecule has 0 aliphatic carbocycles. The highest BCUT2D eigenvalue weighted by Gasteiger charge is 2.32. The second-order valence-electron chi connectivity index (χ2n) is 5.84. The van der Waals surface area contributed by atoms with E-state index in [1.165, 1.54) is 0 Å². The average Bonchev–Trinajstić information content (AvgIpc) is 3.10. The Morgan fingerprint density at radius 3 is 3.00 bits per heavy atom. The lowest BCUT2D eigenvalue weighted by Gasteiger charge is -2.27. The fourth-order valence-corrected chi connectivity index (χ4v) is 4.38. The lowest BCUT2D eigenvalue weighted by molar-refractivity contribution is -0.0509. The van der Waals surface area contributed by atoms with Crippen molar-refractivity contribution < 1.29 is 14.3 Å². The van der Waals surface area contributed by atoms with Gasteiger partial charge in [-0.05, 0) is 43.5 Å². The van der Waals surface area contributed by atoms with Gasteiger partial charge in [-0.25, -0.2) is 4.98 Å². The van der Waals surface area contributed by atoms with Gasteiger partial charge in [0.2, 0.25) is 6.29 Å². The van der Waals surface area contributed by atoms with E-state index in [0.29, 0.717) is 23.5 Å². The molecule has 0 radical (unpaired) electrons. The van der Waals surface area contributed by atoms with Crippen molar-refractivity contribution in [2.24, 2.45) is 0 Å². The van der Waals surface area contributed by atoms with E-state index in [0.717, 1.165) is 20.2 Å². The van der Waals surface area contributed by atoms with Crippen molar-refractivity contribution in [3.8, 4) is 5.75 Å². The molecule has 1 N–H and O–H groups in total. The minimum Gasteiger partial charge on any atom is -0.460 e. The molecule has 5 nitrogen and oxygen atoms in total. The molecule has 0 amide bonds. The van der Waals surface area contributed by atoms with Crippen molar-refractivity contribution in [1.29, 1.82) is 0 Å². The molecule has 2 heterocycles. The van der Waals surface area contributed by atoms with Crippen LogP contribution in [0, 0.1) is 0 Å². The number of Topliss-reactive ketones (excluding diaryl/α,β-unsaturated/α-hetero) is 1. The van der Waals surface area contributed by atoms with Crippen molar-refractivity contribution in [3.05, 3.63) is 59.8 Å². The number of nitrogens with one attached hydrogen (secondary N) is 1. The van der Waals surface area contributed by atoms with Gasteiger partial charge in [-0.3, -0.25) is 4.79 Å². The van der Waals surface area contributed by atoms with E-state index < -0.39 is 6.29 Å². The van der Waals surface area contributed by atoms with E-state index in [-0.39, 0.29) is 5.78 Å². The first-order valence-electron chi connectivity index (χ1n) is 8.52. The van der Waals surface area contributed by atoms with E-state index >= 15 is 0 Å². The molecule has 4 rings (SSSR count). The van der Waals surface area contributed by atoms with E-state index in [1.54, 1.807) is 41.4 Å². The van der Waals surface area contributed by atoms with Crippen LogP contribution < -0.4 is 10.1 Å². The summed E-state index contributed by atoms with van der Waals surface area (Å²) in [5.74, 6) is 0.458. The number of nitrogens with zero attached hydrogens (tertiary/aromatic N) is 1. The van der Waals surface area contributed by atoms with Crippen molar-refractivity contribution >= 4 is 44.8 Å². The van der Waals surface area contributed by atoms with Gasteiger partial charge >= 0.3 is 0 Å². The van der Waals surface area contributed by atoms with Gasteiger partial charge in [0.25, 0.3) is 0 Å². The van der Waals surface area contributed by atoms with Crippen molar-refractivity contribution in [1.82, 2.24) is 4.98 Å². The zero-order chi connectivity index (χ0) is 18.8. The predicted molar refractivity (Wildman–Crippen MR) is 110 cm³/mol. The number of ether oxygens (including phenoxy) is 2. The number of carbonyl (C=O) groups is 1. The van der Waals surface area contributed by atoms with Crippen molar-refractivity contribution in [2.75, 3.05) is 18.2 Å². The standard InChI is InChI=1S/C20H18N2O3S2/c1-3-24-19-14(18(23)13-6-4-5-7-16(13)25-19)11-21-12-8-9-15-17(10-12)27-20(22-15)26-2/h4-11,19,21H,3H2,1-2H3/b14-11-. The maximum Gasteiger partial charge on any atom is 0.232 e. The van der Waals surface area contributed by atoms with E-state index in [4.69, 9.17) is 9.47 Å². The summed E-state index contributed by atoms with van der Waals surface area (Å²) in [5.41, 5.74) is 2.85. The molecule has 1 atom stereocenters. The number of hydrogen-bond donors (Lipinski definition) is 1. The Balaban J connectivity index is 1.64. The topological polar surface area (TPSA) is 60.5 Å². The molecule has 3 aromatic rings. The van der Waals surface area contributed by atoms with Crippen LogP contribution in [0.15, 0.2) is 58.6 Å². The molecule has 1 unspecified atom stereocenters. The highest BCUT2D eigenvalue weighted by atomic mass is 32.2. The summed E-state index contributed by atoms with van der Waals surface area (Å²) in [6, 6.07) is 13.2. The minimum atomic E-state index is -0.722. The van der Waals surface area contributed by atoms with Crippen LogP contribution in [0.5, 0.6) is 5.75 Å². The van der Waals surface area contributed by atoms with Crippen LogP contribution in [0.2, 0.25) is 0 Å². The summed E-state index contributed by atoms with van der Waals surface area (Å²) >= 11 is 3.28. The first-order chi connectivity index (χ1) is 13.2. The molecule has 0 bridgehead atoms. The zero-order valence-corrected chi connectivity index (χ0v) is 16.5. The van der Waals surface area contributed by atoms with E-state index in [9.17, 15) is 4.79 Å². The number of para-hydroxylation sites is 1. The van der Waals surface area contributed by atoms with Crippen LogP contribution in [0.4, 0.5) is 5.69 Å². The molecular formula is C20H18N2O3S2. The maximum absolute atomic E-state index is 12.9. The SMILES string of the molecule is CCOC1Oc2ccccc2C(=O)/C1=C/Nc1ccc2nc(SC)sc2c1. The van der Waals surface area contributed by atoms with Crippen LogP contribution in [0.25, 0.3) is 10.2 Å². The van der Waals surface area contributed by atoms with Crippen molar-refractivity contribution in [3.63, 3.8) is 0 Å². The summed E-state index contributed by atoms with van der Waals surface area (Å²) in [5, 5.41) is 3.21. The Kier molecular flexibility index (Phi) is 5.15. The fourth-order valence-electron chi connectivity index (χ4n) is 2.85. The molecule has 27 heavy (non-hydrogen) atoms. The van der Waals surface area contributed by atoms with Crippen LogP contribution >= 0.6 is 23.1 Å². The van der Waals surface area contributed by atoms with E-state index in [1.807, 2.05) is 43.5 Å². The largest absolute Gasteiger partial charge is 0.460 e. The number of thiazole rings is 1. The molecule has 0 saturated carbocycles. The number of anilines is 1. The lowest BCUT2D eigenvalue weighted by Crippen LogP contribution is -2.33. The summed E-state index contributed by atoms with van der Waals surface area (Å²) in [6.07, 6.45) is 2.97. The third-order valence-electron chi connectivity index (χ3n) is 4.14. The van der Waals surface area contributed by atoms with Gasteiger partial charge in [-0.1, -0.05) is 23.9 Å². The number of benzene rings is 2. The van der Waals surface area contributed by atoms with Gasteiger partial charge in [0, 0.05) is 18.5 Å². The molecule has 0 spiro atoms. The van der Waals surface area contributed by atoms with E-state index in [2.05, 4.69) is 10.3 Å². The predicted octanol–water partition coefficient (Wildman–Crippen LogP) is 4.95. The van der Waals surface area contributed by atoms with Gasteiger partial charge in [0.05, 0.1) is 21.4 Å². The second-order valence-corrected chi connectivity index (χ2v) is 7.92. The average molecular weight is 399 g/mol. The molecular weight excluding hydrogens is 380 g/mol. The normalized spacial score (nSPS) is 17.8. The Bertz CT molecular complexity index is 1030. The zero-order valence-electron chi connectivity index (χ0n) is 14.9. The first kappa shape index (κ1) is 18.0. The third-order valence-corrected chi connectivity index (χ3v) is 6.14. The second kappa shape index (κ2) is 7.72. The monoisotopic (exact) mass is 398 g/mol. The lowest BCUT2D eigenvalue weighted by atomic mass is 10.00. The third kappa shape index (κ3) is 3.58. The minimum absolute atomic E-state index is 0.0914. The molecule has 0 fully saturated rings. The molecule has 1 aromatic heterocycles. The van der Waals surface area contributed by atoms with Crippen LogP contribution in [-0.2, 0) is 4.74 Å². The fraction of sp³-hybridized carbons (Fsp3) is 0.200. The number of carbonyl (C=O) groups excluding carboxylic acids is 1. The number of thioether (sulfide) groups is 1. The van der Waals surface area contributed by atoms with Gasteiger partial charge in [0.1, 0.15) is 5.75 Å². The molecule has 2 aromatic carbocycles. The first-order valence-corrected chi connectivity index (χ1v) is 10.6. The van der Waals surface area contributed by atoms with Crippen LogP contribution in [0.3, 0.4) is 0 Å². The van der Waals surface area contributed by atoms with Gasteiger partial charge in [-0.15, -0.1) is 11.3 Å². The van der Waals surface area contributed by atoms with Gasteiger partial charge in [0.15, 0.2) is 10.1 Å². The molecule has 0 saturated heterocycles. The maximum atomic E-state index is 12.9. The summed E-state index contributed by atoms with van der Waals surface area (Å²) in [4.78, 5) is 17.4. The number of rotatable bonds is 5. The summed E-state index contributed by atoms with van der Waals surface area (Å²) in [7, 11) is 0. The highest BCUT2D eigenvalue weighted by Crippen LogP contribution is 2.32. The molecule has 138 valence electrons. The Morgan fingerprint density at radius 1 is 1.33 bits per heavy atom. The quantitative estimate of drug-likeness (QED) is 0.485. The van der Waals surface area contributed by atoms with Crippen LogP contribution in [-0.4, -0.2) is 29.9 Å². The number of ketones is 1. The number of fused-ring (bicyclic) bond motifs is 2. The molecule has 1 aliphatic rings. The Morgan fingerprint density at radius 2 is 2.19 bits per heavy atom. The van der Waals surface area contributed by atoms with Gasteiger partial charge in [-0.2, -0.15) is 0 Å². The number of hydrogen-bond acceptors (Lipinski definition) is 7. The summed E-state index contributed by atoms with van der Waals surface area (Å²) < 4.78 is 13.6. The van der Waals surface area contributed by atoms with Gasteiger partial charge < -0.3 is 14.8 Å². The molecule has 7 heteroatoms. The smallest absolute Gasteiger partial charge is 0.232 e. The Hall–Kier alpha value is -2.35. The Labute approximate surface area is 165 Å². The van der Waals surface area contributed by atoms with Crippen LogP contribution in [0.1, 0.15) is 17.3 Å². The molecule has 1 aliphatic heterocycles. The van der Waals surface area contributed by atoms with Crippen molar-refractivity contribution in [2.45, 2.75) is 17.6 Å². The summed E-state index contributed by atoms with van der Waals surface area (Å²) in [6.45, 7) is 2.32. The number of aromatic nitrogens is 1.